The predicted molar refractivity (Wildman–Crippen MR) is 197 cm³/mol. The summed E-state index contributed by atoms with van der Waals surface area (Å²) in [5.41, 5.74) is 3.54. The summed E-state index contributed by atoms with van der Waals surface area (Å²) in [6, 6.07) is 51.8. The highest BCUT2D eigenvalue weighted by Crippen LogP contribution is 2.46. The quantitative estimate of drug-likeness (QED) is 0.192. The Kier molecular flexibility index (Phi) is 5.26. The molecular weight excluding hydrogens is 591 g/mol. The van der Waals surface area contributed by atoms with E-state index in [2.05, 4.69) is 144 Å². The zero-order valence-corrected chi connectivity index (χ0v) is 25.9. The van der Waals surface area contributed by atoms with E-state index in [-0.39, 0.29) is 0 Å². The minimum atomic E-state index is 1.17. The van der Waals surface area contributed by atoms with Crippen LogP contribution in [0.1, 0.15) is 0 Å². The van der Waals surface area contributed by atoms with Crippen LogP contribution in [0, 0.1) is 0 Å². The first-order chi connectivity index (χ1) is 21.8. The monoisotopic (exact) mass is 613 g/mol. The number of hydrogen-bond donors (Lipinski definition) is 0. The van der Waals surface area contributed by atoms with Crippen LogP contribution in [0.2, 0.25) is 0 Å². The molecule has 0 fully saturated rings. The zero-order chi connectivity index (χ0) is 28.8. The summed E-state index contributed by atoms with van der Waals surface area (Å²) in [4.78, 5) is 2.47. The molecule has 10 rings (SSSR count). The molecule has 0 N–H and O–H groups in total. The molecule has 3 aromatic heterocycles. The van der Waals surface area contributed by atoms with E-state index in [1.807, 2.05) is 34.0 Å². The van der Waals surface area contributed by atoms with E-state index >= 15 is 0 Å². The van der Waals surface area contributed by atoms with E-state index in [1.165, 1.54) is 88.4 Å². The molecule has 4 heteroatoms. The largest absolute Gasteiger partial charge is 0.310 e. The van der Waals surface area contributed by atoms with Crippen LogP contribution in [0.15, 0.2) is 140 Å². The van der Waals surface area contributed by atoms with Crippen molar-refractivity contribution in [1.29, 1.82) is 0 Å². The summed E-state index contributed by atoms with van der Waals surface area (Å²) in [5.74, 6) is 0. The van der Waals surface area contributed by atoms with Crippen molar-refractivity contribution in [3.63, 3.8) is 0 Å². The lowest BCUT2D eigenvalue weighted by molar-refractivity contribution is 1.31. The molecule has 206 valence electrons. The molecule has 7 aromatic carbocycles. The second-order valence-electron chi connectivity index (χ2n) is 11.3. The Hall–Kier alpha value is -4.74. The Bertz CT molecular complexity index is 2740. The van der Waals surface area contributed by atoms with Gasteiger partial charge in [-0.15, -0.1) is 34.0 Å². The average molecular weight is 614 g/mol. The van der Waals surface area contributed by atoms with Gasteiger partial charge in [0, 0.05) is 77.3 Å². The maximum atomic E-state index is 2.47. The van der Waals surface area contributed by atoms with Crippen LogP contribution in [0.4, 0.5) is 17.1 Å². The predicted octanol–water partition coefficient (Wildman–Crippen LogP) is 13.4. The van der Waals surface area contributed by atoms with Crippen molar-refractivity contribution in [2.45, 2.75) is 0 Å². The summed E-state index contributed by atoms with van der Waals surface area (Å²) in [7, 11) is 0. The van der Waals surface area contributed by atoms with Gasteiger partial charge in [0.05, 0.1) is 5.69 Å². The van der Waals surface area contributed by atoms with Gasteiger partial charge in [0.25, 0.3) is 0 Å². The molecule has 0 atom stereocenters. The normalized spacial score (nSPS) is 12.1. The van der Waals surface area contributed by atoms with Gasteiger partial charge in [-0.05, 0) is 72.1 Å². The highest BCUT2D eigenvalue weighted by molar-refractivity contribution is 7.26. The second-order valence-corrected chi connectivity index (χ2v) is 14.6. The number of benzene rings is 7. The molecule has 0 amide bonds. The van der Waals surface area contributed by atoms with Crippen molar-refractivity contribution >= 4 is 122 Å². The van der Waals surface area contributed by atoms with E-state index in [4.69, 9.17) is 0 Å². The molecule has 0 saturated carbocycles. The van der Waals surface area contributed by atoms with Gasteiger partial charge in [-0.1, -0.05) is 72.8 Å². The number of thiophene rings is 3. The van der Waals surface area contributed by atoms with Crippen LogP contribution < -0.4 is 4.90 Å². The third-order valence-electron chi connectivity index (χ3n) is 8.83. The van der Waals surface area contributed by atoms with E-state index in [0.717, 1.165) is 0 Å². The SMILES string of the molecule is c1cc(N(c2ccc3c(c2)sc2ccccc23)c2ccc3sc4ccccc4c3c2)c2cc3c(cc2c1)sc1ccccc13. The van der Waals surface area contributed by atoms with Crippen molar-refractivity contribution < 1.29 is 0 Å². The fourth-order valence-corrected chi connectivity index (χ4v) is 10.2. The summed E-state index contributed by atoms with van der Waals surface area (Å²) in [6.07, 6.45) is 0. The maximum absolute atomic E-state index is 2.47. The zero-order valence-electron chi connectivity index (χ0n) is 23.5. The molecule has 0 aliphatic heterocycles. The lowest BCUT2D eigenvalue weighted by atomic mass is 10.0. The summed E-state index contributed by atoms with van der Waals surface area (Å²) < 4.78 is 7.95. The highest BCUT2D eigenvalue weighted by Gasteiger charge is 2.19. The topological polar surface area (TPSA) is 3.24 Å². The van der Waals surface area contributed by atoms with Gasteiger partial charge in [0.2, 0.25) is 0 Å². The second kappa shape index (κ2) is 9.38. The number of anilines is 3. The minimum Gasteiger partial charge on any atom is -0.310 e. The molecular formula is C40H23NS3. The smallest absolute Gasteiger partial charge is 0.0540 e. The number of rotatable bonds is 3. The summed E-state index contributed by atoms with van der Waals surface area (Å²) in [6.45, 7) is 0. The Morgan fingerprint density at radius 1 is 0.318 bits per heavy atom. The molecule has 0 unspecified atom stereocenters. The average Bonchev–Trinajstić information content (AvgIpc) is 3.74. The lowest BCUT2D eigenvalue weighted by Gasteiger charge is -2.27. The molecule has 1 nitrogen and oxygen atoms in total. The van der Waals surface area contributed by atoms with Crippen LogP contribution >= 0.6 is 34.0 Å². The first-order valence-corrected chi connectivity index (χ1v) is 17.2. The minimum absolute atomic E-state index is 1.17. The maximum Gasteiger partial charge on any atom is 0.0540 e. The van der Waals surface area contributed by atoms with Gasteiger partial charge in [-0.25, -0.2) is 0 Å². The fourth-order valence-electron chi connectivity index (χ4n) is 6.81. The molecule has 3 heterocycles. The molecule has 10 aromatic rings. The third kappa shape index (κ3) is 3.62. The summed E-state index contributed by atoms with van der Waals surface area (Å²) in [5, 5.41) is 10.4. The highest BCUT2D eigenvalue weighted by atomic mass is 32.1. The van der Waals surface area contributed by atoms with E-state index in [1.54, 1.807) is 0 Å². The first-order valence-electron chi connectivity index (χ1n) is 14.8. The molecule has 0 bridgehead atoms. The molecule has 0 saturated heterocycles. The van der Waals surface area contributed by atoms with Gasteiger partial charge in [0.15, 0.2) is 0 Å². The Balaban J connectivity index is 1.27. The molecule has 0 aliphatic carbocycles. The van der Waals surface area contributed by atoms with Gasteiger partial charge < -0.3 is 4.90 Å². The van der Waals surface area contributed by atoms with Gasteiger partial charge in [0.1, 0.15) is 0 Å². The molecule has 0 aliphatic rings. The standard InChI is InChI=1S/C40H23NS3/c1-4-13-35-27(9-1)30-18-16-26(22-40(30)44-35)41(25-17-19-38-32(21-25)28-10-2-5-14-36(28)42-38)34-12-7-8-24-20-39-33(23-31(24)34)29-11-3-6-15-37(29)43-39/h1-23H. The van der Waals surface area contributed by atoms with Crippen LogP contribution in [-0.2, 0) is 0 Å². The molecule has 0 spiro atoms. The molecule has 0 radical (unpaired) electrons. The molecule has 44 heavy (non-hydrogen) atoms. The van der Waals surface area contributed by atoms with Crippen molar-refractivity contribution in [2.75, 3.05) is 4.90 Å². The number of hydrogen-bond acceptors (Lipinski definition) is 4. The number of nitrogens with zero attached hydrogens (tertiary/aromatic N) is 1. The van der Waals surface area contributed by atoms with E-state index in [9.17, 15) is 0 Å². The Morgan fingerprint density at radius 2 is 0.841 bits per heavy atom. The van der Waals surface area contributed by atoms with Crippen molar-refractivity contribution in [3.05, 3.63) is 140 Å². The van der Waals surface area contributed by atoms with Gasteiger partial charge >= 0.3 is 0 Å². The van der Waals surface area contributed by atoms with Crippen molar-refractivity contribution in [2.24, 2.45) is 0 Å². The first kappa shape index (κ1) is 24.7. The van der Waals surface area contributed by atoms with Crippen LogP contribution in [0.25, 0.3) is 71.3 Å². The van der Waals surface area contributed by atoms with Crippen molar-refractivity contribution in [1.82, 2.24) is 0 Å². The number of fused-ring (bicyclic) bond motifs is 10. The Morgan fingerprint density at radius 3 is 1.57 bits per heavy atom. The van der Waals surface area contributed by atoms with Crippen LogP contribution in [-0.4, -0.2) is 0 Å². The summed E-state index contributed by atoms with van der Waals surface area (Å²) >= 11 is 5.62. The van der Waals surface area contributed by atoms with Gasteiger partial charge in [-0.2, -0.15) is 0 Å². The fraction of sp³-hybridized carbons (Fsp3) is 0. The van der Waals surface area contributed by atoms with E-state index < -0.39 is 0 Å². The van der Waals surface area contributed by atoms with Crippen LogP contribution in [0.3, 0.4) is 0 Å². The van der Waals surface area contributed by atoms with E-state index in [0.29, 0.717) is 0 Å². The van der Waals surface area contributed by atoms with Gasteiger partial charge in [-0.3, -0.25) is 0 Å². The third-order valence-corrected chi connectivity index (χ3v) is 12.3. The van der Waals surface area contributed by atoms with Crippen molar-refractivity contribution in [3.8, 4) is 0 Å². The lowest BCUT2D eigenvalue weighted by Crippen LogP contribution is -2.10. The van der Waals surface area contributed by atoms with Crippen LogP contribution in [0.5, 0.6) is 0 Å². The Labute approximate surface area is 265 Å².